The van der Waals surface area contributed by atoms with Crippen LogP contribution in [0.4, 0.5) is 10.7 Å². The average Bonchev–Trinajstić information content (AvgIpc) is 2.98. The molecule has 1 fully saturated rings. The maximum Gasteiger partial charge on any atom is 0.317 e. The molecule has 2 amide bonds. The fourth-order valence-corrected chi connectivity index (χ4v) is 2.75. The Hall–Kier alpha value is -2.28. The molecule has 7 heteroatoms. The summed E-state index contributed by atoms with van der Waals surface area (Å²) in [6.45, 7) is 6.07. The van der Waals surface area contributed by atoms with E-state index in [-0.39, 0.29) is 6.03 Å². The van der Waals surface area contributed by atoms with Crippen molar-refractivity contribution in [1.82, 2.24) is 20.2 Å². The highest BCUT2D eigenvalue weighted by molar-refractivity contribution is 5.78. The van der Waals surface area contributed by atoms with Gasteiger partial charge in [0.15, 0.2) is 0 Å². The fraction of sp³-hybridized carbons (Fsp3) is 0.500. The third-order valence-electron chi connectivity index (χ3n) is 4.07. The van der Waals surface area contributed by atoms with E-state index in [1.165, 1.54) is 5.56 Å². The van der Waals surface area contributed by atoms with Crippen molar-refractivity contribution in [3.05, 3.63) is 23.8 Å². The first-order valence-corrected chi connectivity index (χ1v) is 7.90. The molecule has 0 atom stereocenters. The van der Waals surface area contributed by atoms with Gasteiger partial charge in [-0.05, 0) is 24.6 Å². The van der Waals surface area contributed by atoms with Crippen molar-refractivity contribution < 1.29 is 9.53 Å². The summed E-state index contributed by atoms with van der Waals surface area (Å²) in [6, 6.07) is 6.17. The molecular weight excluding hydrogens is 294 g/mol. The van der Waals surface area contributed by atoms with Crippen LogP contribution in [0.15, 0.2) is 18.2 Å². The Labute approximate surface area is 135 Å². The first-order valence-electron chi connectivity index (χ1n) is 7.90. The van der Waals surface area contributed by atoms with Gasteiger partial charge >= 0.3 is 6.03 Å². The molecule has 0 radical (unpaired) electrons. The van der Waals surface area contributed by atoms with Crippen LogP contribution in [0.3, 0.4) is 0 Å². The number of methoxy groups -OCH3 is 1. The Morgan fingerprint density at radius 3 is 2.87 bits per heavy atom. The molecule has 124 valence electrons. The van der Waals surface area contributed by atoms with Crippen LogP contribution in [0.2, 0.25) is 0 Å². The molecule has 1 aromatic heterocycles. The highest BCUT2D eigenvalue weighted by Gasteiger charge is 2.22. The van der Waals surface area contributed by atoms with Crippen molar-refractivity contribution >= 4 is 23.0 Å². The van der Waals surface area contributed by atoms with Gasteiger partial charge in [0.25, 0.3) is 0 Å². The monoisotopic (exact) mass is 317 g/mol. The van der Waals surface area contributed by atoms with Crippen molar-refractivity contribution in [1.29, 1.82) is 0 Å². The number of carbonyl (C=O) groups is 1. The molecular formula is C16H23N5O2. The predicted octanol–water partition coefficient (Wildman–Crippen LogP) is 1.35. The molecule has 0 unspecified atom stereocenters. The quantitative estimate of drug-likeness (QED) is 0.835. The first-order chi connectivity index (χ1) is 11.2. The van der Waals surface area contributed by atoms with E-state index < -0.39 is 0 Å². The standard InChI is InChI=1S/C16H23N5O2/c1-12-3-4-13-14(11-12)19-15(18-13)20-6-8-21(9-7-20)16(22)17-5-10-23-2/h3-4,11H,5-10H2,1-2H3,(H,17,22)(H,18,19). The highest BCUT2D eigenvalue weighted by Crippen LogP contribution is 2.19. The van der Waals surface area contributed by atoms with Gasteiger partial charge in [-0.2, -0.15) is 0 Å². The molecule has 1 aromatic carbocycles. The van der Waals surface area contributed by atoms with Gasteiger partial charge in [0, 0.05) is 39.8 Å². The molecule has 7 nitrogen and oxygen atoms in total. The van der Waals surface area contributed by atoms with E-state index in [1.54, 1.807) is 7.11 Å². The molecule has 2 heterocycles. The number of aryl methyl sites for hydroxylation is 1. The number of urea groups is 1. The predicted molar refractivity (Wildman–Crippen MR) is 89.9 cm³/mol. The molecule has 1 aliphatic rings. The largest absolute Gasteiger partial charge is 0.383 e. The van der Waals surface area contributed by atoms with E-state index in [9.17, 15) is 4.79 Å². The Morgan fingerprint density at radius 2 is 2.13 bits per heavy atom. The van der Waals surface area contributed by atoms with Crippen molar-refractivity contribution in [3.8, 4) is 0 Å². The van der Waals surface area contributed by atoms with E-state index in [4.69, 9.17) is 4.74 Å². The molecule has 2 N–H and O–H groups in total. The maximum absolute atomic E-state index is 12.0. The van der Waals surface area contributed by atoms with E-state index in [0.717, 1.165) is 30.1 Å². The van der Waals surface area contributed by atoms with Gasteiger partial charge in [-0.25, -0.2) is 9.78 Å². The number of piperazine rings is 1. The molecule has 2 aromatic rings. The van der Waals surface area contributed by atoms with Crippen LogP contribution >= 0.6 is 0 Å². The summed E-state index contributed by atoms with van der Waals surface area (Å²) < 4.78 is 4.94. The van der Waals surface area contributed by atoms with Crippen molar-refractivity contribution in [2.45, 2.75) is 6.92 Å². The lowest BCUT2D eigenvalue weighted by Gasteiger charge is -2.34. The lowest BCUT2D eigenvalue weighted by molar-refractivity contribution is 0.177. The number of aromatic amines is 1. The zero-order valence-corrected chi connectivity index (χ0v) is 13.6. The normalized spacial score (nSPS) is 15.2. The minimum Gasteiger partial charge on any atom is -0.383 e. The summed E-state index contributed by atoms with van der Waals surface area (Å²) in [7, 11) is 1.62. The number of hydrogen-bond donors (Lipinski definition) is 2. The number of imidazole rings is 1. The summed E-state index contributed by atoms with van der Waals surface area (Å²) in [5.74, 6) is 0.880. The average molecular weight is 317 g/mol. The minimum atomic E-state index is -0.0260. The van der Waals surface area contributed by atoms with Crippen LogP contribution in [0.5, 0.6) is 0 Å². The smallest absolute Gasteiger partial charge is 0.317 e. The number of nitrogens with zero attached hydrogens (tertiary/aromatic N) is 3. The van der Waals surface area contributed by atoms with Crippen LogP contribution in [-0.4, -0.2) is 67.3 Å². The van der Waals surface area contributed by atoms with Crippen molar-refractivity contribution in [3.63, 3.8) is 0 Å². The topological polar surface area (TPSA) is 73.5 Å². The van der Waals surface area contributed by atoms with Crippen molar-refractivity contribution in [2.75, 3.05) is 51.3 Å². The number of ether oxygens (including phenoxy) is 1. The molecule has 0 spiro atoms. The number of anilines is 1. The van der Waals surface area contributed by atoms with Crippen molar-refractivity contribution in [2.24, 2.45) is 0 Å². The summed E-state index contributed by atoms with van der Waals surface area (Å²) >= 11 is 0. The number of benzene rings is 1. The van der Waals surface area contributed by atoms with Gasteiger partial charge in [-0.3, -0.25) is 0 Å². The second kappa shape index (κ2) is 6.87. The maximum atomic E-state index is 12.0. The number of H-pyrrole nitrogens is 1. The van der Waals surface area contributed by atoms with Gasteiger partial charge in [0.1, 0.15) is 0 Å². The number of amides is 2. The Kier molecular flexibility index (Phi) is 4.66. The molecule has 0 saturated carbocycles. The van der Waals surface area contributed by atoms with Crippen LogP contribution in [0.1, 0.15) is 5.56 Å². The van der Waals surface area contributed by atoms with Crippen LogP contribution in [-0.2, 0) is 4.74 Å². The first kappa shape index (κ1) is 15.6. The lowest BCUT2D eigenvalue weighted by atomic mass is 10.2. The zero-order valence-electron chi connectivity index (χ0n) is 13.6. The second-order valence-electron chi connectivity index (χ2n) is 5.78. The Morgan fingerprint density at radius 1 is 1.35 bits per heavy atom. The number of carbonyl (C=O) groups excluding carboxylic acids is 1. The van der Waals surface area contributed by atoms with Crippen LogP contribution < -0.4 is 10.2 Å². The SMILES string of the molecule is COCCNC(=O)N1CCN(c2nc3ccc(C)cc3[nH]2)CC1. The van der Waals surface area contributed by atoms with Crippen LogP contribution in [0.25, 0.3) is 11.0 Å². The molecule has 23 heavy (non-hydrogen) atoms. The summed E-state index contributed by atoms with van der Waals surface area (Å²) in [6.07, 6.45) is 0. The summed E-state index contributed by atoms with van der Waals surface area (Å²) in [5.41, 5.74) is 3.25. The Balaban J connectivity index is 1.58. The minimum absolute atomic E-state index is 0.0260. The van der Waals surface area contributed by atoms with Gasteiger partial charge in [0.2, 0.25) is 5.95 Å². The second-order valence-corrected chi connectivity index (χ2v) is 5.78. The number of hydrogen-bond acceptors (Lipinski definition) is 4. The molecule has 0 bridgehead atoms. The van der Waals surface area contributed by atoms with Gasteiger partial charge in [-0.15, -0.1) is 0 Å². The summed E-state index contributed by atoms with van der Waals surface area (Å²) in [5, 5.41) is 2.86. The molecule has 0 aliphatic carbocycles. The van der Waals surface area contributed by atoms with E-state index in [2.05, 4.69) is 39.2 Å². The van der Waals surface area contributed by atoms with Gasteiger partial charge in [-0.1, -0.05) is 6.07 Å². The number of rotatable bonds is 4. The van der Waals surface area contributed by atoms with E-state index >= 15 is 0 Å². The van der Waals surface area contributed by atoms with Crippen LogP contribution in [0, 0.1) is 6.92 Å². The third kappa shape index (κ3) is 3.56. The zero-order chi connectivity index (χ0) is 16.2. The van der Waals surface area contributed by atoms with E-state index in [1.807, 2.05) is 11.0 Å². The van der Waals surface area contributed by atoms with Gasteiger partial charge in [0.05, 0.1) is 17.6 Å². The Bertz CT molecular complexity index is 676. The number of aromatic nitrogens is 2. The molecule has 1 saturated heterocycles. The number of fused-ring (bicyclic) bond motifs is 1. The molecule has 1 aliphatic heterocycles. The van der Waals surface area contributed by atoms with E-state index in [0.29, 0.717) is 26.2 Å². The fourth-order valence-electron chi connectivity index (χ4n) is 2.75. The van der Waals surface area contributed by atoms with Gasteiger partial charge < -0.3 is 24.8 Å². The highest BCUT2D eigenvalue weighted by atomic mass is 16.5. The third-order valence-corrected chi connectivity index (χ3v) is 4.07. The lowest BCUT2D eigenvalue weighted by Crippen LogP contribution is -2.52. The number of nitrogens with one attached hydrogen (secondary N) is 2. The summed E-state index contributed by atoms with van der Waals surface area (Å²) in [4.78, 5) is 24.0. The molecule has 3 rings (SSSR count).